The SMILES string of the molecule is CC(C)(C(=O)O[C@@H]1CCN(Cc2ccccc2)C1)c1ccc2c(c1)OCCO2. The summed E-state index contributed by atoms with van der Waals surface area (Å²) < 4.78 is 17.1. The van der Waals surface area contributed by atoms with Crippen LogP contribution in [0.25, 0.3) is 0 Å². The van der Waals surface area contributed by atoms with E-state index in [0.29, 0.717) is 19.0 Å². The summed E-state index contributed by atoms with van der Waals surface area (Å²) in [6, 6.07) is 16.1. The van der Waals surface area contributed by atoms with Gasteiger partial charge in [-0.15, -0.1) is 0 Å². The number of rotatable bonds is 5. The van der Waals surface area contributed by atoms with Crippen LogP contribution < -0.4 is 9.47 Å². The molecule has 28 heavy (non-hydrogen) atoms. The van der Waals surface area contributed by atoms with E-state index in [1.165, 1.54) is 5.56 Å². The van der Waals surface area contributed by atoms with Gasteiger partial charge in [-0.25, -0.2) is 0 Å². The lowest BCUT2D eigenvalue weighted by Gasteiger charge is -2.27. The number of benzene rings is 2. The second kappa shape index (κ2) is 7.84. The van der Waals surface area contributed by atoms with Crippen molar-refractivity contribution in [3.05, 3.63) is 59.7 Å². The van der Waals surface area contributed by atoms with Gasteiger partial charge in [0.2, 0.25) is 0 Å². The van der Waals surface area contributed by atoms with Crippen LogP contribution >= 0.6 is 0 Å². The third-order valence-corrected chi connectivity index (χ3v) is 5.53. The summed E-state index contributed by atoms with van der Waals surface area (Å²) >= 11 is 0. The first-order chi connectivity index (χ1) is 13.5. The minimum Gasteiger partial charge on any atom is -0.486 e. The van der Waals surface area contributed by atoms with Crippen molar-refractivity contribution in [3.63, 3.8) is 0 Å². The fourth-order valence-corrected chi connectivity index (χ4v) is 3.73. The number of ether oxygens (including phenoxy) is 3. The molecule has 5 nitrogen and oxygen atoms in total. The van der Waals surface area contributed by atoms with Crippen molar-refractivity contribution in [2.75, 3.05) is 26.3 Å². The second-order valence-corrected chi connectivity index (χ2v) is 8.02. The quantitative estimate of drug-likeness (QED) is 0.742. The molecule has 0 aromatic heterocycles. The molecule has 0 radical (unpaired) electrons. The first-order valence-electron chi connectivity index (χ1n) is 9.90. The molecule has 0 N–H and O–H groups in total. The highest BCUT2D eigenvalue weighted by Crippen LogP contribution is 2.36. The first kappa shape index (κ1) is 18.8. The van der Waals surface area contributed by atoms with Gasteiger partial charge < -0.3 is 14.2 Å². The minimum atomic E-state index is -0.747. The molecular formula is C23H27NO4. The van der Waals surface area contributed by atoms with Gasteiger partial charge in [-0.2, -0.15) is 0 Å². The fraction of sp³-hybridized carbons (Fsp3) is 0.435. The summed E-state index contributed by atoms with van der Waals surface area (Å²) in [6.45, 7) is 7.49. The molecule has 1 saturated heterocycles. The number of carbonyl (C=O) groups excluding carboxylic acids is 1. The Morgan fingerprint density at radius 1 is 1.11 bits per heavy atom. The van der Waals surface area contributed by atoms with E-state index in [1.54, 1.807) is 0 Å². The van der Waals surface area contributed by atoms with Crippen LogP contribution in [0.2, 0.25) is 0 Å². The number of hydrogen-bond acceptors (Lipinski definition) is 5. The summed E-state index contributed by atoms with van der Waals surface area (Å²) in [5.41, 5.74) is 1.41. The van der Waals surface area contributed by atoms with E-state index in [9.17, 15) is 4.79 Å². The van der Waals surface area contributed by atoms with E-state index >= 15 is 0 Å². The average molecular weight is 381 g/mol. The Labute approximate surface area is 166 Å². The minimum absolute atomic E-state index is 0.0623. The molecule has 2 heterocycles. The van der Waals surface area contributed by atoms with Gasteiger partial charge in [0.25, 0.3) is 0 Å². The molecule has 0 bridgehead atoms. The van der Waals surface area contributed by atoms with Gasteiger partial charge in [0.1, 0.15) is 19.3 Å². The summed E-state index contributed by atoms with van der Waals surface area (Å²) in [7, 11) is 0. The summed E-state index contributed by atoms with van der Waals surface area (Å²) in [6.07, 6.45) is 0.809. The number of fused-ring (bicyclic) bond motifs is 1. The van der Waals surface area contributed by atoms with Crippen LogP contribution in [0.15, 0.2) is 48.5 Å². The van der Waals surface area contributed by atoms with Crippen molar-refractivity contribution in [2.45, 2.75) is 38.3 Å². The fourth-order valence-electron chi connectivity index (χ4n) is 3.73. The monoisotopic (exact) mass is 381 g/mol. The highest BCUT2D eigenvalue weighted by molar-refractivity contribution is 5.82. The molecule has 148 valence electrons. The van der Waals surface area contributed by atoms with Gasteiger partial charge in [0, 0.05) is 19.6 Å². The predicted octanol–water partition coefficient (Wildman–Crippen LogP) is 3.55. The Morgan fingerprint density at radius 2 is 1.86 bits per heavy atom. The number of hydrogen-bond donors (Lipinski definition) is 0. The third kappa shape index (κ3) is 3.99. The molecule has 2 aromatic rings. The van der Waals surface area contributed by atoms with Gasteiger partial charge in [-0.3, -0.25) is 9.69 Å². The van der Waals surface area contributed by atoms with Crippen molar-refractivity contribution >= 4 is 5.97 Å². The second-order valence-electron chi connectivity index (χ2n) is 8.02. The maximum absolute atomic E-state index is 12.9. The van der Waals surface area contributed by atoms with Crippen LogP contribution in [-0.2, 0) is 21.5 Å². The number of carbonyl (C=O) groups is 1. The molecule has 0 saturated carbocycles. The van der Waals surface area contributed by atoms with Crippen LogP contribution in [0, 0.1) is 0 Å². The molecule has 1 fully saturated rings. The van der Waals surface area contributed by atoms with Crippen molar-refractivity contribution < 1.29 is 19.0 Å². The predicted molar refractivity (Wildman–Crippen MR) is 107 cm³/mol. The Balaban J connectivity index is 1.37. The molecule has 0 spiro atoms. The third-order valence-electron chi connectivity index (χ3n) is 5.53. The van der Waals surface area contributed by atoms with Gasteiger partial charge in [-0.1, -0.05) is 36.4 Å². The van der Waals surface area contributed by atoms with Gasteiger partial charge in [0.05, 0.1) is 5.41 Å². The summed E-state index contributed by atoms with van der Waals surface area (Å²) in [5, 5.41) is 0. The van der Waals surface area contributed by atoms with Crippen molar-refractivity contribution in [3.8, 4) is 11.5 Å². The molecule has 2 aliphatic heterocycles. The molecule has 0 amide bonds. The molecule has 2 aromatic carbocycles. The molecule has 0 aliphatic carbocycles. The van der Waals surface area contributed by atoms with E-state index in [-0.39, 0.29) is 12.1 Å². The highest BCUT2D eigenvalue weighted by atomic mass is 16.6. The Kier molecular flexibility index (Phi) is 5.27. The topological polar surface area (TPSA) is 48.0 Å². The van der Waals surface area contributed by atoms with E-state index in [4.69, 9.17) is 14.2 Å². The van der Waals surface area contributed by atoms with E-state index in [0.717, 1.165) is 37.4 Å². The van der Waals surface area contributed by atoms with E-state index in [1.807, 2.05) is 38.1 Å². The largest absolute Gasteiger partial charge is 0.486 e. The summed E-state index contributed by atoms with van der Waals surface area (Å²) in [5.74, 6) is 1.22. The molecule has 5 heteroatoms. The smallest absolute Gasteiger partial charge is 0.316 e. The number of likely N-dealkylation sites (tertiary alicyclic amines) is 1. The zero-order valence-electron chi connectivity index (χ0n) is 16.5. The average Bonchev–Trinajstić information content (AvgIpc) is 3.15. The van der Waals surface area contributed by atoms with E-state index in [2.05, 4.69) is 29.2 Å². The van der Waals surface area contributed by atoms with Crippen LogP contribution in [0.3, 0.4) is 0 Å². The maximum atomic E-state index is 12.9. The van der Waals surface area contributed by atoms with Gasteiger partial charge >= 0.3 is 5.97 Å². The van der Waals surface area contributed by atoms with Gasteiger partial charge in [-0.05, 0) is 43.5 Å². The van der Waals surface area contributed by atoms with Crippen LogP contribution in [0.1, 0.15) is 31.4 Å². The standard InChI is InChI=1S/C23H27NO4/c1-23(2,18-8-9-20-21(14-18)27-13-12-26-20)22(25)28-19-10-11-24(16-19)15-17-6-4-3-5-7-17/h3-9,14,19H,10-13,15-16H2,1-2H3/t19-/m1/s1. The maximum Gasteiger partial charge on any atom is 0.316 e. The van der Waals surface area contributed by atoms with Gasteiger partial charge in [0.15, 0.2) is 11.5 Å². The lowest BCUT2D eigenvalue weighted by molar-refractivity contribution is -0.154. The first-order valence-corrected chi connectivity index (χ1v) is 9.90. The number of nitrogens with zero attached hydrogens (tertiary/aromatic N) is 1. The van der Waals surface area contributed by atoms with Crippen molar-refractivity contribution in [1.82, 2.24) is 4.90 Å². The van der Waals surface area contributed by atoms with Crippen LogP contribution in [0.5, 0.6) is 11.5 Å². The van der Waals surface area contributed by atoms with Crippen LogP contribution in [-0.4, -0.2) is 43.3 Å². The van der Waals surface area contributed by atoms with Crippen molar-refractivity contribution in [1.29, 1.82) is 0 Å². The lowest BCUT2D eigenvalue weighted by atomic mass is 9.84. The Bertz CT molecular complexity index is 834. The van der Waals surface area contributed by atoms with E-state index < -0.39 is 5.41 Å². The Hall–Kier alpha value is -2.53. The lowest BCUT2D eigenvalue weighted by Crippen LogP contribution is -2.35. The molecule has 0 unspecified atom stereocenters. The summed E-state index contributed by atoms with van der Waals surface area (Å²) in [4.78, 5) is 15.3. The highest BCUT2D eigenvalue weighted by Gasteiger charge is 2.36. The van der Waals surface area contributed by atoms with Crippen molar-refractivity contribution in [2.24, 2.45) is 0 Å². The molecular weight excluding hydrogens is 354 g/mol. The zero-order chi connectivity index (χ0) is 19.6. The molecule has 1 atom stereocenters. The molecule has 4 rings (SSSR count). The normalized spacial score (nSPS) is 19.4. The zero-order valence-corrected chi connectivity index (χ0v) is 16.5. The Morgan fingerprint density at radius 3 is 2.64 bits per heavy atom. The molecule has 2 aliphatic rings. The van der Waals surface area contributed by atoms with Crippen LogP contribution in [0.4, 0.5) is 0 Å². The number of esters is 1.